The summed E-state index contributed by atoms with van der Waals surface area (Å²) in [4.78, 5) is 10.5. The third kappa shape index (κ3) is 2.49. The van der Waals surface area contributed by atoms with Gasteiger partial charge in [-0.3, -0.25) is 5.21 Å². The molecule has 1 saturated carbocycles. The zero-order valence-electron chi connectivity index (χ0n) is 8.30. The van der Waals surface area contributed by atoms with Crippen molar-refractivity contribution < 1.29 is 10.0 Å². The number of hydrogen-bond acceptors (Lipinski definition) is 3. The maximum absolute atomic E-state index is 10.5. The minimum Gasteiger partial charge on any atom is -0.350 e. The molecule has 1 fully saturated rings. The summed E-state index contributed by atoms with van der Waals surface area (Å²) in [7, 11) is 0. The Morgan fingerprint density at radius 2 is 2.53 bits per heavy atom. The Kier molecular flexibility index (Phi) is 2.93. The first-order valence-corrected chi connectivity index (χ1v) is 5.90. The summed E-state index contributed by atoms with van der Waals surface area (Å²) in [6.07, 6.45) is 1.98. The molecule has 5 heteroatoms. The number of hydroxylamine groups is 2. The van der Waals surface area contributed by atoms with Gasteiger partial charge in [-0.1, -0.05) is 0 Å². The number of hydrogen-bond donors (Lipinski definition) is 2. The average Bonchev–Trinajstić information content (AvgIpc) is 2.76. The molecule has 2 atom stereocenters. The molecule has 0 saturated heterocycles. The summed E-state index contributed by atoms with van der Waals surface area (Å²) < 4.78 is 0. The van der Waals surface area contributed by atoms with Crippen LogP contribution in [0.2, 0.25) is 0 Å². The van der Waals surface area contributed by atoms with E-state index in [-0.39, 0.29) is 0 Å². The lowest BCUT2D eigenvalue weighted by atomic mass is 10.1. The number of carbonyl (C=O) groups is 1. The first-order valence-electron chi connectivity index (χ1n) is 4.96. The van der Waals surface area contributed by atoms with Crippen LogP contribution in [0, 0.1) is 5.92 Å². The van der Waals surface area contributed by atoms with Gasteiger partial charge < -0.3 is 5.73 Å². The molecule has 0 bridgehead atoms. The Balaban J connectivity index is 1.74. The van der Waals surface area contributed by atoms with Gasteiger partial charge in [-0.2, -0.15) is 11.3 Å². The van der Waals surface area contributed by atoms with E-state index in [0.29, 0.717) is 23.4 Å². The van der Waals surface area contributed by atoms with Gasteiger partial charge in [0.1, 0.15) is 0 Å². The molecule has 1 aromatic rings. The lowest BCUT2D eigenvalue weighted by Gasteiger charge is -2.10. The van der Waals surface area contributed by atoms with Crippen molar-refractivity contribution in [1.82, 2.24) is 5.06 Å². The van der Waals surface area contributed by atoms with E-state index in [2.05, 4.69) is 16.8 Å². The van der Waals surface area contributed by atoms with E-state index in [1.807, 2.05) is 0 Å². The van der Waals surface area contributed by atoms with Gasteiger partial charge in [-0.05, 0) is 47.1 Å². The highest BCUT2D eigenvalue weighted by molar-refractivity contribution is 7.08. The van der Waals surface area contributed by atoms with Gasteiger partial charge in [0.05, 0.1) is 6.54 Å². The quantitative estimate of drug-likeness (QED) is 0.609. The summed E-state index contributed by atoms with van der Waals surface area (Å²) in [5, 5.41) is 13.9. The van der Waals surface area contributed by atoms with Gasteiger partial charge >= 0.3 is 6.03 Å². The van der Waals surface area contributed by atoms with Crippen LogP contribution in [0.15, 0.2) is 16.8 Å². The van der Waals surface area contributed by atoms with Crippen LogP contribution in [0.5, 0.6) is 0 Å². The van der Waals surface area contributed by atoms with Crippen molar-refractivity contribution in [2.24, 2.45) is 11.7 Å². The van der Waals surface area contributed by atoms with E-state index in [1.165, 1.54) is 5.56 Å². The molecule has 1 aliphatic rings. The molecule has 1 aromatic heterocycles. The zero-order valence-corrected chi connectivity index (χ0v) is 9.11. The first kappa shape index (κ1) is 10.4. The predicted octanol–water partition coefficient (Wildman–Crippen LogP) is 2.01. The van der Waals surface area contributed by atoms with Gasteiger partial charge in [0.25, 0.3) is 0 Å². The summed E-state index contributed by atoms with van der Waals surface area (Å²) in [5.41, 5.74) is 6.29. The Morgan fingerprint density at radius 1 is 1.73 bits per heavy atom. The van der Waals surface area contributed by atoms with Crippen LogP contribution in [-0.4, -0.2) is 22.8 Å². The Hall–Kier alpha value is -1.07. The molecular formula is C10H14N2O2S. The van der Waals surface area contributed by atoms with Crippen LogP contribution in [0.4, 0.5) is 4.79 Å². The van der Waals surface area contributed by atoms with E-state index in [0.717, 1.165) is 12.8 Å². The fraction of sp³-hybridized carbons (Fsp3) is 0.500. The van der Waals surface area contributed by atoms with Crippen LogP contribution in [0.1, 0.15) is 24.3 Å². The molecular weight excluding hydrogens is 212 g/mol. The smallest absolute Gasteiger partial charge is 0.338 e. The van der Waals surface area contributed by atoms with Crippen molar-refractivity contribution in [2.75, 3.05) is 6.54 Å². The molecule has 15 heavy (non-hydrogen) atoms. The fourth-order valence-corrected chi connectivity index (χ4v) is 2.58. The Bertz CT molecular complexity index is 339. The second-order valence-corrected chi connectivity index (χ2v) is 4.69. The van der Waals surface area contributed by atoms with E-state index >= 15 is 0 Å². The lowest BCUT2D eigenvalue weighted by Crippen LogP contribution is -2.33. The lowest BCUT2D eigenvalue weighted by molar-refractivity contribution is -0.0410. The van der Waals surface area contributed by atoms with Crippen molar-refractivity contribution in [1.29, 1.82) is 0 Å². The summed E-state index contributed by atoms with van der Waals surface area (Å²) >= 11 is 1.71. The Morgan fingerprint density at radius 3 is 3.13 bits per heavy atom. The molecule has 2 amide bonds. The second kappa shape index (κ2) is 4.20. The molecule has 0 aromatic carbocycles. The number of rotatable bonds is 4. The van der Waals surface area contributed by atoms with Crippen molar-refractivity contribution in [2.45, 2.75) is 18.8 Å². The molecule has 0 spiro atoms. The molecule has 4 nitrogen and oxygen atoms in total. The molecule has 2 rings (SSSR count). The number of thiophene rings is 1. The third-order valence-electron chi connectivity index (χ3n) is 2.86. The van der Waals surface area contributed by atoms with Crippen molar-refractivity contribution in [3.05, 3.63) is 22.4 Å². The summed E-state index contributed by atoms with van der Waals surface area (Å²) in [6, 6.07) is 1.36. The predicted molar refractivity (Wildman–Crippen MR) is 57.9 cm³/mol. The van der Waals surface area contributed by atoms with Gasteiger partial charge in [0.2, 0.25) is 0 Å². The number of carbonyl (C=O) groups excluding carboxylic acids is 1. The van der Waals surface area contributed by atoms with Gasteiger partial charge in [0.15, 0.2) is 0 Å². The van der Waals surface area contributed by atoms with Crippen molar-refractivity contribution in [3.63, 3.8) is 0 Å². The average molecular weight is 226 g/mol. The summed E-state index contributed by atoms with van der Waals surface area (Å²) in [5.74, 6) is 1.21. The normalized spacial score (nSPS) is 23.8. The minimum absolute atomic E-state index is 0.334. The molecule has 82 valence electrons. The van der Waals surface area contributed by atoms with Crippen LogP contribution < -0.4 is 5.73 Å². The number of urea groups is 1. The fourth-order valence-electron chi connectivity index (χ4n) is 1.86. The zero-order chi connectivity index (χ0) is 10.8. The topological polar surface area (TPSA) is 66.6 Å². The maximum atomic E-state index is 10.5. The van der Waals surface area contributed by atoms with Gasteiger partial charge in [0, 0.05) is 0 Å². The van der Waals surface area contributed by atoms with E-state index in [1.54, 1.807) is 11.3 Å². The molecule has 2 unspecified atom stereocenters. The highest BCUT2D eigenvalue weighted by Crippen LogP contribution is 2.49. The number of nitrogens with zero attached hydrogens (tertiary/aromatic N) is 1. The second-order valence-electron chi connectivity index (χ2n) is 3.91. The maximum Gasteiger partial charge on any atom is 0.338 e. The van der Waals surface area contributed by atoms with Crippen LogP contribution in [0.3, 0.4) is 0 Å². The van der Waals surface area contributed by atoms with E-state index in [9.17, 15) is 4.79 Å². The molecule has 0 radical (unpaired) electrons. The van der Waals surface area contributed by atoms with Crippen LogP contribution >= 0.6 is 11.3 Å². The SMILES string of the molecule is NC(=O)N(O)CCC1CC1c1ccsc1. The van der Waals surface area contributed by atoms with Crippen LogP contribution in [0.25, 0.3) is 0 Å². The first-order chi connectivity index (χ1) is 7.18. The highest BCUT2D eigenvalue weighted by Gasteiger charge is 2.38. The van der Waals surface area contributed by atoms with Crippen molar-refractivity contribution in [3.8, 4) is 0 Å². The molecule has 1 heterocycles. The molecule has 3 N–H and O–H groups in total. The van der Waals surface area contributed by atoms with Gasteiger partial charge in [-0.25, -0.2) is 9.86 Å². The van der Waals surface area contributed by atoms with Crippen molar-refractivity contribution >= 4 is 17.4 Å². The minimum atomic E-state index is -0.775. The standard InChI is InChI=1S/C10H14N2O2S/c11-10(13)12(14)3-1-7-5-9(7)8-2-4-15-6-8/h2,4,6-7,9,14H,1,3,5H2,(H2,11,13). The van der Waals surface area contributed by atoms with E-state index < -0.39 is 6.03 Å². The van der Waals surface area contributed by atoms with Gasteiger partial charge in [-0.15, -0.1) is 0 Å². The highest BCUT2D eigenvalue weighted by atomic mass is 32.1. The molecule has 1 aliphatic carbocycles. The third-order valence-corrected chi connectivity index (χ3v) is 3.56. The van der Waals surface area contributed by atoms with Crippen LogP contribution in [-0.2, 0) is 0 Å². The van der Waals surface area contributed by atoms with E-state index in [4.69, 9.17) is 10.9 Å². The monoisotopic (exact) mass is 226 g/mol. The number of amides is 2. The largest absolute Gasteiger partial charge is 0.350 e. The Labute approximate surface area is 92.3 Å². The molecule has 0 aliphatic heterocycles. The number of primary amides is 1. The number of nitrogens with two attached hydrogens (primary N) is 1. The summed E-state index contributed by atoms with van der Waals surface area (Å²) in [6.45, 7) is 0.334.